The molecule has 0 atom stereocenters. The number of carbonyl (C=O) groups is 2. The summed E-state index contributed by atoms with van der Waals surface area (Å²) in [6.45, 7) is 4.58. The molecule has 1 aliphatic carbocycles. The number of nitrogen functional groups attached to an aromatic ring is 2. The summed E-state index contributed by atoms with van der Waals surface area (Å²) in [4.78, 5) is 24.6. The molecular weight excluding hydrogens is 456 g/mol. The van der Waals surface area contributed by atoms with Crippen LogP contribution in [0.15, 0.2) is 61.2 Å². The first kappa shape index (κ1) is 27.0. The van der Waals surface area contributed by atoms with Gasteiger partial charge in [0.25, 0.3) is 0 Å². The summed E-state index contributed by atoms with van der Waals surface area (Å²) in [6, 6.07) is 12.1. The molecule has 0 unspecified atom stereocenters. The van der Waals surface area contributed by atoms with Crippen molar-refractivity contribution >= 4 is 29.4 Å². The van der Waals surface area contributed by atoms with Crippen molar-refractivity contribution in [1.82, 2.24) is 0 Å². The van der Waals surface area contributed by atoms with Crippen molar-refractivity contribution in [3.8, 4) is 5.75 Å². The zero-order chi connectivity index (χ0) is 25.8. The van der Waals surface area contributed by atoms with Gasteiger partial charge in [-0.15, -0.1) is 6.58 Å². The molecule has 0 amide bonds. The van der Waals surface area contributed by atoms with Gasteiger partial charge in [0.1, 0.15) is 12.4 Å². The Balaban J connectivity index is 1.38. The molecule has 36 heavy (non-hydrogen) atoms. The van der Waals surface area contributed by atoms with Crippen LogP contribution in [-0.2, 0) is 25.7 Å². The minimum atomic E-state index is -0.483. The lowest BCUT2D eigenvalue weighted by Gasteiger charge is -2.27. The summed E-state index contributed by atoms with van der Waals surface area (Å²) in [5.74, 6) is -0.300. The SMILES string of the molecule is C=CCCCCOC1CCC(C(=O)Oc2ccc(/C=C/C(=O)OCc3cc(N)cc(N)c3)cc2)CC1. The second-order valence-electron chi connectivity index (χ2n) is 9.07. The van der Waals surface area contributed by atoms with Crippen molar-refractivity contribution in [2.24, 2.45) is 5.92 Å². The van der Waals surface area contributed by atoms with E-state index in [1.165, 1.54) is 6.08 Å². The highest BCUT2D eigenvalue weighted by Crippen LogP contribution is 2.28. The highest BCUT2D eigenvalue weighted by atomic mass is 16.5. The van der Waals surface area contributed by atoms with Crippen molar-refractivity contribution in [1.29, 1.82) is 0 Å². The molecular formula is C29H36N2O5. The van der Waals surface area contributed by atoms with Gasteiger partial charge >= 0.3 is 11.9 Å². The smallest absolute Gasteiger partial charge is 0.331 e. The summed E-state index contributed by atoms with van der Waals surface area (Å²) in [5.41, 5.74) is 14.0. The molecule has 2 aromatic carbocycles. The number of nitrogens with two attached hydrogens (primary N) is 2. The Morgan fingerprint density at radius 3 is 2.33 bits per heavy atom. The summed E-state index contributed by atoms with van der Waals surface area (Å²) in [7, 11) is 0. The van der Waals surface area contributed by atoms with Gasteiger partial charge in [-0.05, 0) is 92.5 Å². The fourth-order valence-corrected chi connectivity index (χ4v) is 4.15. The van der Waals surface area contributed by atoms with Crippen LogP contribution in [0.1, 0.15) is 56.1 Å². The monoisotopic (exact) mass is 492 g/mol. The molecule has 4 N–H and O–H groups in total. The lowest BCUT2D eigenvalue weighted by Crippen LogP contribution is -2.29. The third kappa shape index (κ3) is 9.23. The molecule has 0 saturated heterocycles. The van der Waals surface area contributed by atoms with Crippen LogP contribution in [0, 0.1) is 5.92 Å². The molecule has 0 heterocycles. The molecule has 0 aliphatic heterocycles. The number of anilines is 2. The summed E-state index contributed by atoms with van der Waals surface area (Å²) < 4.78 is 16.7. The predicted octanol–water partition coefficient (Wildman–Crippen LogP) is 5.44. The standard InChI is InChI=1S/C29H36N2O5/c1-2-3-4-5-16-34-26-13-9-23(10-14-26)29(33)36-27-11-6-21(7-12-27)8-15-28(32)35-20-22-17-24(30)19-25(31)18-22/h2,6-8,11-12,15,17-19,23,26H,1,3-5,9-10,13-14,16,20,30-31H2/b15-8+. The van der Waals surface area contributed by atoms with E-state index in [0.717, 1.165) is 62.7 Å². The molecule has 1 fully saturated rings. The van der Waals surface area contributed by atoms with Gasteiger partial charge in [0, 0.05) is 24.1 Å². The van der Waals surface area contributed by atoms with Crippen molar-refractivity contribution < 1.29 is 23.8 Å². The Hall–Kier alpha value is -3.58. The highest BCUT2D eigenvalue weighted by Gasteiger charge is 2.28. The lowest BCUT2D eigenvalue weighted by atomic mass is 9.87. The molecule has 3 rings (SSSR count). The fourth-order valence-electron chi connectivity index (χ4n) is 4.15. The van der Waals surface area contributed by atoms with Gasteiger partial charge in [-0.1, -0.05) is 18.2 Å². The number of hydrogen-bond acceptors (Lipinski definition) is 7. The number of esters is 2. The van der Waals surface area contributed by atoms with E-state index in [1.54, 1.807) is 48.5 Å². The number of benzene rings is 2. The van der Waals surface area contributed by atoms with Crippen LogP contribution >= 0.6 is 0 Å². The molecule has 0 radical (unpaired) electrons. The maximum Gasteiger partial charge on any atom is 0.331 e. The van der Waals surface area contributed by atoms with Crippen LogP contribution in [0.4, 0.5) is 11.4 Å². The molecule has 0 bridgehead atoms. The molecule has 7 nitrogen and oxygen atoms in total. The van der Waals surface area contributed by atoms with E-state index in [9.17, 15) is 9.59 Å². The topological polar surface area (TPSA) is 114 Å². The summed E-state index contributed by atoms with van der Waals surface area (Å²) >= 11 is 0. The maximum atomic E-state index is 12.6. The second-order valence-corrected chi connectivity index (χ2v) is 9.07. The minimum absolute atomic E-state index is 0.0804. The number of rotatable bonds is 12. The van der Waals surface area contributed by atoms with Crippen LogP contribution in [0.5, 0.6) is 5.75 Å². The molecule has 192 valence electrons. The van der Waals surface area contributed by atoms with Crippen molar-refractivity contribution in [2.75, 3.05) is 18.1 Å². The van der Waals surface area contributed by atoms with Gasteiger partial charge in [-0.3, -0.25) is 4.79 Å². The number of ether oxygens (including phenoxy) is 3. The normalized spacial score (nSPS) is 17.6. The number of unbranched alkanes of at least 4 members (excludes halogenated alkanes) is 2. The molecule has 1 saturated carbocycles. The van der Waals surface area contributed by atoms with Crippen LogP contribution in [0.3, 0.4) is 0 Å². The third-order valence-corrected chi connectivity index (χ3v) is 6.09. The first-order valence-electron chi connectivity index (χ1n) is 12.5. The molecule has 1 aliphatic rings. The van der Waals surface area contributed by atoms with Crippen LogP contribution in [-0.4, -0.2) is 24.6 Å². The van der Waals surface area contributed by atoms with Crippen molar-refractivity contribution in [3.05, 3.63) is 72.3 Å². The van der Waals surface area contributed by atoms with E-state index in [1.807, 2.05) is 6.08 Å². The molecule has 7 heteroatoms. The second kappa shape index (κ2) is 14.1. The van der Waals surface area contributed by atoms with Gasteiger partial charge < -0.3 is 25.7 Å². The Morgan fingerprint density at radius 2 is 1.67 bits per heavy atom. The van der Waals surface area contributed by atoms with E-state index >= 15 is 0 Å². The number of hydrogen-bond donors (Lipinski definition) is 2. The van der Waals surface area contributed by atoms with Crippen LogP contribution in [0.25, 0.3) is 6.08 Å². The van der Waals surface area contributed by atoms with E-state index in [-0.39, 0.29) is 24.6 Å². The Bertz CT molecular complexity index is 1020. The lowest BCUT2D eigenvalue weighted by molar-refractivity contribution is -0.141. The fraction of sp³-hybridized carbons (Fsp3) is 0.379. The van der Waals surface area contributed by atoms with Gasteiger partial charge in [0.15, 0.2) is 0 Å². The van der Waals surface area contributed by atoms with Crippen molar-refractivity contribution in [3.63, 3.8) is 0 Å². The van der Waals surface area contributed by atoms with E-state index in [2.05, 4.69) is 6.58 Å². The molecule has 0 spiro atoms. The number of allylic oxidation sites excluding steroid dienone is 1. The number of carbonyl (C=O) groups excluding carboxylic acids is 2. The van der Waals surface area contributed by atoms with Crippen LogP contribution in [0.2, 0.25) is 0 Å². The Labute approximate surface area is 213 Å². The average molecular weight is 493 g/mol. The first-order chi connectivity index (χ1) is 17.4. The quantitative estimate of drug-likeness (QED) is 0.101. The first-order valence-corrected chi connectivity index (χ1v) is 12.5. The predicted molar refractivity (Wildman–Crippen MR) is 142 cm³/mol. The van der Waals surface area contributed by atoms with Crippen molar-refractivity contribution in [2.45, 2.75) is 57.7 Å². The summed E-state index contributed by atoms with van der Waals surface area (Å²) in [5, 5.41) is 0. The Morgan fingerprint density at radius 1 is 0.972 bits per heavy atom. The van der Waals surface area contributed by atoms with Crippen LogP contribution < -0.4 is 16.2 Å². The molecule has 2 aromatic rings. The van der Waals surface area contributed by atoms with E-state index in [4.69, 9.17) is 25.7 Å². The zero-order valence-electron chi connectivity index (χ0n) is 20.7. The highest BCUT2D eigenvalue weighted by molar-refractivity contribution is 5.87. The van der Waals surface area contributed by atoms with E-state index < -0.39 is 5.97 Å². The average Bonchev–Trinajstić information content (AvgIpc) is 2.87. The zero-order valence-corrected chi connectivity index (χ0v) is 20.7. The Kier molecular flexibility index (Phi) is 10.6. The van der Waals surface area contributed by atoms with Gasteiger partial charge in [-0.2, -0.15) is 0 Å². The maximum absolute atomic E-state index is 12.6. The summed E-state index contributed by atoms with van der Waals surface area (Å²) in [6.07, 6.45) is 11.6. The van der Waals surface area contributed by atoms with Gasteiger partial charge in [0.05, 0.1) is 12.0 Å². The molecule has 0 aromatic heterocycles. The minimum Gasteiger partial charge on any atom is -0.458 e. The largest absolute Gasteiger partial charge is 0.458 e. The van der Waals surface area contributed by atoms with E-state index in [0.29, 0.717) is 17.1 Å². The van der Waals surface area contributed by atoms with Gasteiger partial charge in [0.2, 0.25) is 0 Å². The third-order valence-electron chi connectivity index (χ3n) is 6.09. The van der Waals surface area contributed by atoms with Gasteiger partial charge in [-0.25, -0.2) is 4.79 Å².